The summed E-state index contributed by atoms with van der Waals surface area (Å²) in [5.41, 5.74) is 0.390. The summed E-state index contributed by atoms with van der Waals surface area (Å²) in [6, 6.07) is 4.36. The minimum absolute atomic E-state index is 0.0663. The van der Waals surface area contributed by atoms with E-state index in [9.17, 15) is 4.79 Å². The van der Waals surface area contributed by atoms with Gasteiger partial charge in [0.05, 0.1) is 0 Å². The van der Waals surface area contributed by atoms with E-state index in [2.05, 4.69) is 12.2 Å². The molecule has 0 saturated heterocycles. The highest BCUT2D eigenvalue weighted by atomic mass is 32.1. The largest absolute Gasteiger partial charge is 0.350 e. The molecular formula is C19H25NOS. The van der Waals surface area contributed by atoms with E-state index in [1.807, 2.05) is 23.6 Å². The number of thiophene rings is 1. The molecule has 22 heavy (non-hydrogen) atoms. The fourth-order valence-electron chi connectivity index (χ4n) is 5.67. The molecule has 2 nitrogen and oxygen atoms in total. The Labute approximate surface area is 137 Å². The quantitative estimate of drug-likeness (QED) is 0.815. The lowest BCUT2D eigenvalue weighted by Crippen LogP contribution is -2.55. The molecule has 4 saturated carbocycles. The minimum Gasteiger partial charge on any atom is -0.350 e. The topological polar surface area (TPSA) is 29.1 Å². The molecule has 1 amide bonds. The van der Waals surface area contributed by atoms with Gasteiger partial charge in [-0.2, -0.15) is 0 Å². The summed E-state index contributed by atoms with van der Waals surface area (Å²) in [5.74, 6) is 2.88. The third-order valence-corrected chi connectivity index (χ3v) is 7.14. The smallest absolute Gasteiger partial charge is 0.244 e. The SMILES string of the molecule is C[C@H](NC(=O)/C=C\c1cccs1)C12CC3CC(CC(C3)C1)C2. The molecule has 0 aliphatic heterocycles. The molecule has 1 N–H and O–H groups in total. The average Bonchev–Trinajstić information content (AvgIpc) is 2.97. The normalized spacial score (nSPS) is 37.6. The zero-order valence-corrected chi connectivity index (χ0v) is 14.1. The van der Waals surface area contributed by atoms with Crippen LogP contribution in [0.4, 0.5) is 0 Å². The first-order valence-electron chi connectivity index (χ1n) is 8.65. The Bertz CT molecular complexity index is 539. The van der Waals surface area contributed by atoms with Gasteiger partial charge in [0.1, 0.15) is 0 Å². The lowest BCUT2D eigenvalue weighted by Gasteiger charge is -2.59. The summed E-state index contributed by atoms with van der Waals surface area (Å²) in [6.07, 6.45) is 12.0. The molecule has 1 aromatic rings. The number of hydrogen-bond donors (Lipinski definition) is 1. The van der Waals surface area contributed by atoms with Crippen molar-refractivity contribution in [1.82, 2.24) is 5.32 Å². The molecule has 0 unspecified atom stereocenters. The Balaban J connectivity index is 1.41. The average molecular weight is 315 g/mol. The van der Waals surface area contributed by atoms with Gasteiger partial charge in [-0.1, -0.05) is 6.07 Å². The number of carbonyl (C=O) groups is 1. The maximum absolute atomic E-state index is 12.2. The van der Waals surface area contributed by atoms with Crippen LogP contribution in [0, 0.1) is 23.2 Å². The number of amides is 1. The molecule has 1 atom stereocenters. The molecule has 0 aromatic carbocycles. The van der Waals surface area contributed by atoms with Crippen molar-refractivity contribution in [2.75, 3.05) is 0 Å². The van der Waals surface area contributed by atoms with E-state index in [1.54, 1.807) is 17.4 Å². The van der Waals surface area contributed by atoms with Crippen LogP contribution >= 0.6 is 11.3 Å². The van der Waals surface area contributed by atoms with Crippen molar-refractivity contribution in [1.29, 1.82) is 0 Å². The van der Waals surface area contributed by atoms with Gasteiger partial charge >= 0.3 is 0 Å². The Morgan fingerprint density at radius 2 is 1.91 bits per heavy atom. The summed E-state index contributed by atoms with van der Waals surface area (Å²) in [7, 11) is 0. The summed E-state index contributed by atoms with van der Waals surface area (Å²) in [4.78, 5) is 13.4. The molecular weight excluding hydrogens is 290 g/mol. The predicted molar refractivity (Wildman–Crippen MR) is 91.6 cm³/mol. The van der Waals surface area contributed by atoms with Gasteiger partial charge in [-0.15, -0.1) is 11.3 Å². The van der Waals surface area contributed by atoms with Crippen LogP contribution in [0.25, 0.3) is 6.08 Å². The van der Waals surface area contributed by atoms with E-state index in [0.717, 1.165) is 22.6 Å². The second-order valence-corrected chi connectivity index (χ2v) is 8.84. The molecule has 5 rings (SSSR count). The zero-order chi connectivity index (χ0) is 15.2. The van der Waals surface area contributed by atoms with Crippen molar-refractivity contribution in [3.05, 3.63) is 28.5 Å². The maximum Gasteiger partial charge on any atom is 0.244 e. The zero-order valence-electron chi connectivity index (χ0n) is 13.3. The summed E-state index contributed by atoms with van der Waals surface area (Å²) in [5, 5.41) is 5.32. The lowest BCUT2D eigenvalue weighted by molar-refractivity contribution is -0.121. The van der Waals surface area contributed by atoms with Gasteiger partial charge in [-0.3, -0.25) is 4.79 Å². The highest BCUT2D eigenvalue weighted by molar-refractivity contribution is 7.10. The molecule has 4 aliphatic rings. The van der Waals surface area contributed by atoms with Crippen LogP contribution in [0.15, 0.2) is 23.6 Å². The highest BCUT2D eigenvalue weighted by Crippen LogP contribution is 2.61. The van der Waals surface area contributed by atoms with E-state index in [0.29, 0.717) is 11.5 Å². The van der Waals surface area contributed by atoms with Crippen LogP contribution in [0.5, 0.6) is 0 Å². The molecule has 0 radical (unpaired) electrons. The molecule has 4 aliphatic carbocycles. The molecule has 118 valence electrons. The third kappa shape index (κ3) is 2.64. The Kier molecular flexibility index (Phi) is 3.64. The van der Waals surface area contributed by atoms with Crippen LogP contribution in [0.2, 0.25) is 0 Å². The molecule has 3 heteroatoms. The first-order valence-corrected chi connectivity index (χ1v) is 9.53. The highest BCUT2D eigenvalue weighted by Gasteiger charge is 2.53. The summed E-state index contributed by atoms with van der Waals surface area (Å²) in [6.45, 7) is 2.24. The van der Waals surface area contributed by atoms with Crippen LogP contribution in [0.1, 0.15) is 50.3 Å². The summed E-state index contributed by atoms with van der Waals surface area (Å²) < 4.78 is 0. The van der Waals surface area contributed by atoms with E-state index in [-0.39, 0.29) is 5.91 Å². The first kappa shape index (κ1) is 14.5. The van der Waals surface area contributed by atoms with Gasteiger partial charge in [-0.05, 0) is 86.1 Å². The Morgan fingerprint density at radius 1 is 1.27 bits per heavy atom. The lowest BCUT2D eigenvalue weighted by atomic mass is 9.48. The van der Waals surface area contributed by atoms with E-state index < -0.39 is 0 Å². The van der Waals surface area contributed by atoms with E-state index >= 15 is 0 Å². The first-order chi connectivity index (χ1) is 10.6. The molecule has 1 heterocycles. The predicted octanol–water partition coefficient (Wildman–Crippen LogP) is 4.48. The van der Waals surface area contributed by atoms with Crippen molar-refractivity contribution in [3.8, 4) is 0 Å². The van der Waals surface area contributed by atoms with Gasteiger partial charge in [0.15, 0.2) is 0 Å². The Morgan fingerprint density at radius 3 is 2.45 bits per heavy atom. The number of carbonyl (C=O) groups excluding carboxylic acids is 1. The van der Waals surface area contributed by atoms with Crippen LogP contribution < -0.4 is 5.32 Å². The fourth-order valence-corrected chi connectivity index (χ4v) is 6.28. The van der Waals surface area contributed by atoms with Crippen molar-refractivity contribution in [2.24, 2.45) is 23.2 Å². The number of rotatable bonds is 4. The van der Waals surface area contributed by atoms with Crippen LogP contribution in [-0.4, -0.2) is 11.9 Å². The summed E-state index contributed by atoms with van der Waals surface area (Å²) >= 11 is 1.66. The fraction of sp³-hybridized carbons (Fsp3) is 0.632. The molecule has 1 aromatic heterocycles. The third-order valence-electron chi connectivity index (χ3n) is 6.31. The van der Waals surface area contributed by atoms with Gasteiger partial charge in [0.25, 0.3) is 0 Å². The Hall–Kier alpha value is -1.09. The van der Waals surface area contributed by atoms with Crippen molar-refractivity contribution in [3.63, 3.8) is 0 Å². The second-order valence-electron chi connectivity index (χ2n) is 7.86. The van der Waals surface area contributed by atoms with Gasteiger partial charge in [0.2, 0.25) is 5.91 Å². The molecule has 4 bridgehead atoms. The van der Waals surface area contributed by atoms with Crippen LogP contribution in [0.3, 0.4) is 0 Å². The van der Waals surface area contributed by atoms with Crippen molar-refractivity contribution in [2.45, 2.75) is 51.5 Å². The van der Waals surface area contributed by atoms with E-state index in [4.69, 9.17) is 0 Å². The van der Waals surface area contributed by atoms with Crippen LogP contribution in [-0.2, 0) is 4.79 Å². The van der Waals surface area contributed by atoms with Crippen molar-refractivity contribution >= 4 is 23.3 Å². The van der Waals surface area contributed by atoms with Crippen molar-refractivity contribution < 1.29 is 4.79 Å². The molecule has 4 fully saturated rings. The van der Waals surface area contributed by atoms with Gasteiger partial charge < -0.3 is 5.32 Å². The minimum atomic E-state index is 0.0663. The molecule has 0 spiro atoms. The number of hydrogen-bond acceptors (Lipinski definition) is 2. The van der Waals surface area contributed by atoms with Gasteiger partial charge in [0, 0.05) is 17.0 Å². The van der Waals surface area contributed by atoms with E-state index in [1.165, 1.54) is 38.5 Å². The monoisotopic (exact) mass is 315 g/mol. The van der Waals surface area contributed by atoms with Gasteiger partial charge in [-0.25, -0.2) is 0 Å². The standard InChI is InChI=1S/C19H25NOS/c1-13(20-18(21)5-4-17-3-2-6-22-17)19-10-14-7-15(11-19)9-16(8-14)12-19/h2-6,13-16H,7-12H2,1H3,(H,20,21)/b5-4-/t13-,14?,15?,16?,19?/m0/s1. The second kappa shape index (κ2) is 5.52. The maximum atomic E-state index is 12.2. The number of nitrogens with one attached hydrogen (secondary N) is 1.